The van der Waals surface area contributed by atoms with Gasteiger partial charge in [-0.25, -0.2) is 0 Å². The van der Waals surface area contributed by atoms with E-state index < -0.39 is 6.36 Å². The number of halogens is 4. The van der Waals surface area contributed by atoms with Gasteiger partial charge in [-0.2, -0.15) is 0 Å². The molecule has 0 radical (unpaired) electrons. The fourth-order valence-corrected chi connectivity index (χ4v) is 4.04. The molecule has 170 valence electrons. The predicted octanol–water partition coefficient (Wildman–Crippen LogP) is 5.40. The van der Waals surface area contributed by atoms with Crippen molar-refractivity contribution >= 4 is 28.8 Å². The first-order chi connectivity index (χ1) is 15.2. The first-order valence-electron chi connectivity index (χ1n) is 9.75. The fraction of sp³-hybridized carbons (Fsp3) is 0.273. The van der Waals surface area contributed by atoms with Crippen LogP contribution in [0.25, 0.3) is 11.3 Å². The van der Waals surface area contributed by atoms with Crippen molar-refractivity contribution in [2.75, 3.05) is 6.54 Å². The topological polar surface area (TPSA) is 55.6 Å². The van der Waals surface area contributed by atoms with Crippen molar-refractivity contribution in [1.82, 2.24) is 9.88 Å². The third kappa shape index (κ3) is 7.13. The average Bonchev–Trinajstić information content (AvgIpc) is 3.13. The zero-order valence-corrected chi connectivity index (χ0v) is 18.7. The standard InChI is InChI=1S/C22H21ClF3N3O2S/c1-15(30)27-11-2-12-29-20(17-5-9-19(10-6-17)31-22(24,25)26)14-32-21(29)28-13-16-3-7-18(23)8-4-16/h3-10,14H,2,11-13H2,1H3,(H,27,30)/b28-21-. The quantitative estimate of drug-likeness (QED) is 0.436. The van der Waals surface area contributed by atoms with Crippen LogP contribution >= 0.6 is 22.9 Å². The molecule has 0 unspecified atom stereocenters. The number of hydrogen-bond donors (Lipinski definition) is 1. The van der Waals surface area contributed by atoms with Gasteiger partial charge in [0.2, 0.25) is 5.91 Å². The van der Waals surface area contributed by atoms with E-state index in [0.29, 0.717) is 31.1 Å². The smallest absolute Gasteiger partial charge is 0.406 e. The molecule has 32 heavy (non-hydrogen) atoms. The largest absolute Gasteiger partial charge is 0.573 e. The zero-order valence-electron chi connectivity index (χ0n) is 17.2. The second-order valence-electron chi connectivity index (χ2n) is 6.91. The number of alkyl halides is 3. The molecule has 0 saturated carbocycles. The van der Waals surface area contributed by atoms with Crippen molar-refractivity contribution in [3.63, 3.8) is 0 Å². The average molecular weight is 484 g/mol. The van der Waals surface area contributed by atoms with Crippen LogP contribution in [0.2, 0.25) is 5.02 Å². The van der Waals surface area contributed by atoms with E-state index in [4.69, 9.17) is 16.6 Å². The number of nitrogens with zero attached hydrogens (tertiary/aromatic N) is 2. The first-order valence-corrected chi connectivity index (χ1v) is 11.0. The second-order valence-corrected chi connectivity index (χ2v) is 8.18. The van der Waals surface area contributed by atoms with Crippen LogP contribution in [0.1, 0.15) is 18.9 Å². The molecule has 3 rings (SSSR count). The van der Waals surface area contributed by atoms with Crippen LogP contribution in [0, 0.1) is 0 Å². The molecule has 5 nitrogen and oxygen atoms in total. The Labute approximate surface area is 192 Å². The number of carbonyl (C=O) groups is 1. The Morgan fingerprint density at radius 3 is 2.47 bits per heavy atom. The molecule has 0 aliphatic carbocycles. The van der Waals surface area contributed by atoms with E-state index in [1.165, 1.54) is 30.4 Å². The van der Waals surface area contributed by atoms with E-state index in [1.54, 1.807) is 24.3 Å². The number of ether oxygens (including phenoxy) is 1. The summed E-state index contributed by atoms with van der Waals surface area (Å²) in [5.41, 5.74) is 2.57. The Kier molecular flexibility index (Phi) is 7.98. The van der Waals surface area contributed by atoms with Crippen LogP contribution < -0.4 is 14.9 Å². The Morgan fingerprint density at radius 1 is 1.16 bits per heavy atom. The summed E-state index contributed by atoms with van der Waals surface area (Å²) in [5, 5.41) is 5.33. The molecule has 1 aromatic heterocycles. The van der Waals surface area contributed by atoms with Crippen LogP contribution in [-0.4, -0.2) is 23.4 Å². The maximum Gasteiger partial charge on any atom is 0.573 e. The van der Waals surface area contributed by atoms with Gasteiger partial charge in [0.15, 0.2) is 4.80 Å². The van der Waals surface area contributed by atoms with Gasteiger partial charge in [0, 0.05) is 30.4 Å². The fourth-order valence-electron chi connectivity index (χ4n) is 2.98. The first kappa shape index (κ1) is 23.9. The van der Waals surface area contributed by atoms with Gasteiger partial charge in [-0.3, -0.25) is 9.79 Å². The summed E-state index contributed by atoms with van der Waals surface area (Å²) in [6.07, 6.45) is -4.06. The highest BCUT2D eigenvalue weighted by atomic mass is 35.5. The van der Waals surface area contributed by atoms with Crippen molar-refractivity contribution < 1.29 is 22.7 Å². The third-order valence-electron chi connectivity index (χ3n) is 4.42. The van der Waals surface area contributed by atoms with E-state index in [2.05, 4.69) is 10.1 Å². The number of benzene rings is 2. The number of aromatic nitrogens is 1. The van der Waals surface area contributed by atoms with Crippen molar-refractivity contribution in [1.29, 1.82) is 0 Å². The summed E-state index contributed by atoms with van der Waals surface area (Å²) in [4.78, 5) is 16.6. The van der Waals surface area contributed by atoms with E-state index in [1.807, 2.05) is 22.1 Å². The molecule has 10 heteroatoms. The van der Waals surface area contributed by atoms with E-state index in [9.17, 15) is 18.0 Å². The summed E-state index contributed by atoms with van der Waals surface area (Å²) in [6, 6.07) is 13.1. The van der Waals surface area contributed by atoms with Gasteiger partial charge in [0.25, 0.3) is 0 Å². The van der Waals surface area contributed by atoms with Crippen molar-refractivity contribution in [3.8, 4) is 17.0 Å². The van der Waals surface area contributed by atoms with Gasteiger partial charge >= 0.3 is 6.36 Å². The summed E-state index contributed by atoms with van der Waals surface area (Å²) < 4.78 is 43.3. The lowest BCUT2D eigenvalue weighted by atomic mass is 10.1. The van der Waals surface area contributed by atoms with Gasteiger partial charge in [-0.15, -0.1) is 24.5 Å². The number of thiazole rings is 1. The molecule has 1 heterocycles. The van der Waals surface area contributed by atoms with Crippen LogP contribution in [0.4, 0.5) is 13.2 Å². The Hall–Kier alpha value is -2.78. The number of carbonyl (C=O) groups excluding carboxylic acids is 1. The Morgan fingerprint density at radius 2 is 1.84 bits per heavy atom. The van der Waals surface area contributed by atoms with Gasteiger partial charge in [0.05, 0.1) is 12.2 Å². The highest BCUT2D eigenvalue weighted by Gasteiger charge is 2.31. The minimum Gasteiger partial charge on any atom is -0.406 e. The SMILES string of the molecule is CC(=O)NCCCn1c(-c2ccc(OC(F)(F)F)cc2)cs/c1=N\Cc1ccc(Cl)cc1. The van der Waals surface area contributed by atoms with Crippen molar-refractivity contribution in [3.05, 3.63) is 69.3 Å². The molecule has 0 aliphatic rings. The van der Waals surface area contributed by atoms with Crippen molar-refractivity contribution in [2.45, 2.75) is 32.8 Å². The van der Waals surface area contributed by atoms with Crippen LogP contribution in [0.5, 0.6) is 5.75 Å². The van der Waals surface area contributed by atoms with Crippen LogP contribution in [0.15, 0.2) is 58.9 Å². The number of rotatable bonds is 8. The molecule has 0 fully saturated rings. The molecule has 1 amide bonds. The minimum absolute atomic E-state index is 0.103. The predicted molar refractivity (Wildman–Crippen MR) is 118 cm³/mol. The lowest BCUT2D eigenvalue weighted by Crippen LogP contribution is -2.24. The number of hydrogen-bond acceptors (Lipinski definition) is 4. The van der Waals surface area contributed by atoms with E-state index in [0.717, 1.165) is 21.6 Å². The molecule has 0 saturated heterocycles. The summed E-state index contributed by atoms with van der Waals surface area (Å²) in [5.74, 6) is -0.380. The lowest BCUT2D eigenvalue weighted by Gasteiger charge is -2.11. The maximum absolute atomic E-state index is 12.4. The molecule has 0 atom stereocenters. The van der Waals surface area contributed by atoms with E-state index in [-0.39, 0.29) is 11.7 Å². The molecule has 0 aliphatic heterocycles. The lowest BCUT2D eigenvalue weighted by molar-refractivity contribution is -0.274. The minimum atomic E-state index is -4.73. The van der Waals surface area contributed by atoms with E-state index >= 15 is 0 Å². The van der Waals surface area contributed by atoms with Gasteiger partial charge in [-0.05, 0) is 53.9 Å². The zero-order chi connectivity index (χ0) is 23.1. The third-order valence-corrected chi connectivity index (χ3v) is 5.58. The van der Waals surface area contributed by atoms with Crippen molar-refractivity contribution in [2.24, 2.45) is 4.99 Å². The highest BCUT2D eigenvalue weighted by molar-refractivity contribution is 7.07. The van der Waals surface area contributed by atoms with Gasteiger partial charge in [-0.1, -0.05) is 23.7 Å². The monoisotopic (exact) mass is 483 g/mol. The summed E-state index contributed by atoms with van der Waals surface area (Å²) in [7, 11) is 0. The highest BCUT2D eigenvalue weighted by Crippen LogP contribution is 2.27. The van der Waals surface area contributed by atoms with Gasteiger partial charge < -0.3 is 14.6 Å². The number of nitrogens with one attached hydrogen (secondary N) is 1. The molecule has 0 bridgehead atoms. The summed E-state index contributed by atoms with van der Waals surface area (Å²) in [6.45, 7) is 3.01. The van der Waals surface area contributed by atoms with Crippen LogP contribution in [-0.2, 0) is 17.9 Å². The normalized spacial score (nSPS) is 12.1. The maximum atomic E-state index is 12.4. The molecule has 3 aromatic rings. The Balaban J connectivity index is 1.86. The van der Waals surface area contributed by atoms with Crippen LogP contribution in [0.3, 0.4) is 0 Å². The molecular formula is C22H21ClF3N3O2S. The molecular weight excluding hydrogens is 463 g/mol. The summed E-state index contributed by atoms with van der Waals surface area (Å²) >= 11 is 7.37. The molecule has 1 N–H and O–H groups in total. The Bertz CT molecular complexity index is 1110. The number of amides is 1. The van der Waals surface area contributed by atoms with Gasteiger partial charge in [0.1, 0.15) is 5.75 Å². The molecule has 0 spiro atoms. The molecule has 2 aromatic carbocycles. The second kappa shape index (κ2) is 10.7.